The SMILES string of the molecule is CC(C)C[C@H](NC(=O)CN)C(=O)OB1OC(C)(C)C(C)(C)O1. The second kappa shape index (κ2) is 6.98. The third kappa shape index (κ3) is 4.69. The number of carbonyl (C=O) groups is 2. The first-order chi connectivity index (χ1) is 9.98. The third-order valence-corrected chi connectivity index (χ3v) is 3.96. The minimum absolute atomic E-state index is 0.182. The molecule has 1 amide bonds. The van der Waals surface area contributed by atoms with Crippen LogP contribution in [-0.4, -0.2) is 43.0 Å². The largest absolute Gasteiger partial charge is 0.716 e. The van der Waals surface area contributed by atoms with E-state index in [-0.39, 0.29) is 12.5 Å². The standard InChI is InChI=1S/C14H27BN2O5/c1-9(2)7-10(17-11(18)8-16)12(19)20-15-21-13(3,4)14(5,6)22-15/h9-10H,7-8,16H2,1-6H3,(H,17,18)/t10-/m0/s1. The van der Waals surface area contributed by atoms with E-state index >= 15 is 0 Å². The molecule has 8 heteroatoms. The minimum Gasteiger partial charge on any atom is -0.483 e. The molecule has 0 unspecified atom stereocenters. The lowest BCUT2D eigenvalue weighted by atomic mass is 9.90. The van der Waals surface area contributed by atoms with E-state index in [1.807, 2.05) is 41.5 Å². The lowest BCUT2D eigenvalue weighted by molar-refractivity contribution is -0.142. The van der Waals surface area contributed by atoms with Crippen molar-refractivity contribution in [3.63, 3.8) is 0 Å². The molecule has 0 spiro atoms. The van der Waals surface area contributed by atoms with Crippen molar-refractivity contribution in [1.29, 1.82) is 0 Å². The molecular weight excluding hydrogens is 287 g/mol. The van der Waals surface area contributed by atoms with Gasteiger partial charge in [-0.25, -0.2) is 0 Å². The molecule has 7 nitrogen and oxygen atoms in total. The summed E-state index contributed by atoms with van der Waals surface area (Å²) in [5.41, 5.74) is 4.09. The Morgan fingerprint density at radius 2 is 1.68 bits per heavy atom. The van der Waals surface area contributed by atoms with Crippen LogP contribution in [0.3, 0.4) is 0 Å². The number of nitrogens with one attached hydrogen (secondary N) is 1. The number of amides is 1. The number of hydrogen-bond donors (Lipinski definition) is 2. The summed E-state index contributed by atoms with van der Waals surface area (Å²) in [6.07, 6.45) is 0.448. The van der Waals surface area contributed by atoms with E-state index in [9.17, 15) is 9.59 Å². The molecule has 1 fully saturated rings. The van der Waals surface area contributed by atoms with Gasteiger partial charge < -0.3 is 25.0 Å². The summed E-state index contributed by atoms with van der Waals surface area (Å²) in [4.78, 5) is 23.7. The Kier molecular flexibility index (Phi) is 6.00. The van der Waals surface area contributed by atoms with Gasteiger partial charge in [-0.05, 0) is 40.0 Å². The molecule has 1 saturated heterocycles. The molecule has 1 aliphatic rings. The topological polar surface area (TPSA) is 99.9 Å². The van der Waals surface area contributed by atoms with Crippen LogP contribution in [0.25, 0.3) is 0 Å². The van der Waals surface area contributed by atoms with Crippen molar-refractivity contribution in [3.8, 4) is 0 Å². The van der Waals surface area contributed by atoms with Crippen LogP contribution in [0.4, 0.5) is 0 Å². The fourth-order valence-corrected chi connectivity index (χ4v) is 1.95. The smallest absolute Gasteiger partial charge is 0.483 e. The van der Waals surface area contributed by atoms with E-state index in [4.69, 9.17) is 19.7 Å². The fourth-order valence-electron chi connectivity index (χ4n) is 1.95. The molecule has 3 N–H and O–H groups in total. The maximum Gasteiger partial charge on any atom is 0.716 e. The Labute approximate surface area is 132 Å². The molecule has 0 saturated carbocycles. The highest BCUT2D eigenvalue weighted by molar-refractivity contribution is 6.40. The zero-order valence-electron chi connectivity index (χ0n) is 14.3. The van der Waals surface area contributed by atoms with E-state index in [0.29, 0.717) is 6.42 Å². The monoisotopic (exact) mass is 314 g/mol. The third-order valence-electron chi connectivity index (χ3n) is 3.96. The summed E-state index contributed by atoms with van der Waals surface area (Å²) in [5.74, 6) is -0.792. The van der Waals surface area contributed by atoms with Crippen molar-refractivity contribution in [2.75, 3.05) is 6.54 Å². The number of carbonyl (C=O) groups excluding carboxylic acids is 2. The highest BCUT2D eigenvalue weighted by Gasteiger charge is 2.55. The predicted octanol–water partition coefficient (Wildman–Crippen LogP) is 0.608. The average molecular weight is 314 g/mol. The molecule has 0 bridgehead atoms. The minimum atomic E-state index is -1.08. The molecular formula is C14H27BN2O5. The molecule has 1 rings (SSSR count). The van der Waals surface area contributed by atoms with Crippen LogP contribution in [0.2, 0.25) is 0 Å². The fraction of sp³-hybridized carbons (Fsp3) is 0.857. The van der Waals surface area contributed by atoms with E-state index in [2.05, 4.69) is 5.32 Å². The molecule has 126 valence electrons. The van der Waals surface area contributed by atoms with Gasteiger partial charge in [-0.1, -0.05) is 13.8 Å². The summed E-state index contributed by atoms with van der Waals surface area (Å²) in [6.45, 7) is 11.2. The van der Waals surface area contributed by atoms with Crippen molar-refractivity contribution in [2.24, 2.45) is 11.7 Å². The van der Waals surface area contributed by atoms with Crippen LogP contribution >= 0.6 is 0 Å². The van der Waals surface area contributed by atoms with Gasteiger partial charge in [0.1, 0.15) is 6.04 Å². The summed E-state index contributed by atoms with van der Waals surface area (Å²) in [7, 11) is -1.08. The molecule has 0 aromatic carbocycles. The van der Waals surface area contributed by atoms with Gasteiger partial charge in [-0.3, -0.25) is 9.59 Å². The predicted molar refractivity (Wildman–Crippen MR) is 82.6 cm³/mol. The van der Waals surface area contributed by atoms with Crippen LogP contribution < -0.4 is 11.1 Å². The Morgan fingerprint density at radius 1 is 1.18 bits per heavy atom. The first-order valence-corrected chi connectivity index (χ1v) is 7.54. The lowest BCUT2D eigenvalue weighted by Gasteiger charge is -2.31. The van der Waals surface area contributed by atoms with E-state index in [0.717, 1.165) is 0 Å². The van der Waals surface area contributed by atoms with Gasteiger partial charge >= 0.3 is 13.3 Å². The van der Waals surface area contributed by atoms with Crippen molar-refractivity contribution in [2.45, 2.75) is 65.2 Å². The van der Waals surface area contributed by atoms with Gasteiger partial charge in [0.25, 0.3) is 0 Å². The van der Waals surface area contributed by atoms with Gasteiger partial charge in [-0.2, -0.15) is 0 Å². The van der Waals surface area contributed by atoms with Crippen LogP contribution in [0, 0.1) is 5.92 Å². The van der Waals surface area contributed by atoms with E-state index in [1.54, 1.807) is 0 Å². The zero-order valence-corrected chi connectivity index (χ0v) is 14.3. The van der Waals surface area contributed by atoms with Crippen LogP contribution in [-0.2, 0) is 23.6 Å². The normalized spacial score (nSPS) is 20.8. The van der Waals surface area contributed by atoms with Gasteiger partial charge in [0.2, 0.25) is 5.91 Å². The summed E-state index contributed by atoms with van der Waals surface area (Å²) >= 11 is 0. The number of nitrogens with two attached hydrogens (primary N) is 1. The van der Waals surface area contributed by atoms with Crippen LogP contribution in [0.5, 0.6) is 0 Å². The highest BCUT2D eigenvalue weighted by Crippen LogP contribution is 2.36. The van der Waals surface area contributed by atoms with Crippen molar-refractivity contribution in [3.05, 3.63) is 0 Å². The molecule has 0 aromatic rings. The van der Waals surface area contributed by atoms with Crippen LogP contribution in [0.1, 0.15) is 48.0 Å². The first kappa shape index (κ1) is 18.9. The maximum atomic E-state index is 12.3. The second-order valence-electron chi connectivity index (χ2n) is 6.94. The molecule has 1 heterocycles. The highest BCUT2D eigenvalue weighted by atomic mass is 16.8. The van der Waals surface area contributed by atoms with Crippen molar-refractivity contribution < 1.29 is 23.6 Å². The molecule has 0 radical (unpaired) electrons. The van der Waals surface area contributed by atoms with Gasteiger partial charge in [0.05, 0.1) is 17.7 Å². The van der Waals surface area contributed by atoms with E-state index in [1.165, 1.54) is 0 Å². The molecule has 0 aliphatic carbocycles. The Balaban J connectivity index is 2.69. The first-order valence-electron chi connectivity index (χ1n) is 7.54. The zero-order chi connectivity index (χ0) is 17.1. The number of hydrogen-bond acceptors (Lipinski definition) is 6. The molecule has 1 atom stereocenters. The van der Waals surface area contributed by atoms with Crippen LogP contribution in [0.15, 0.2) is 0 Å². The van der Waals surface area contributed by atoms with Gasteiger partial charge in [-0.15, -0.1) is 0 Å². The Morgan fingerprint density at radius 3 is 2.09 bits per heavy atom. The lowest BCUT2D eigenvalue weighted by Crippen LogP contribution is -2.46. The van der Waals surface area contributed by atoms with Gasteiger partial charge in [0.15, 0.2) is 0 Å². The summed E-state index contributed by atoms with van der Waals surface area (Å²) in [6, 6.07) is -0.768. The van der Waals surface area contributed by atoms with E-state index < -0.39 is 36.4 Å². The number of rotatable bonds is 6. The summed E-state index contributed by atoms with van der Waals surface area (Å²) in [5, 5.41) is 2.56. The summed E-state index contributed by atoms with van der Waals surface area (Å²) < 4.78 is 16.5. The molecule has 22 heavy (non-hydrogen) atoms. The average Bonchev–Trinajstić information content (AvgIpc) is 2.55. The molecule has 1 aliphatic heterocycles. The quantitative estimate of drug-likeness (QED) is 0.697. The van der Waals surface area contributed by atoms with Crippen molar-refractivity contribution in [1.82, 2.24) is 5.32 Å². The Bertz CT molecular complexity index is 409. The second-order valence-corrected chi connectivity index (χ2v) is 6.94. The van der Waals surface area contributed by atoms with Gasteiger partial charge in [0, 0.05) is 0 Å². The molecule has 0 aromatic heterocycles. The Hall–Kier alpha value is -1.12. The van der Waals surface area contributed by atoms with Crippen molar-refractivity contribution >= 4 is 19.2 Å². The maximum absolute atomic E-state index is 12.3.